The molecule has 1 aromatic carbocycles. The van der Waals surface area contributed by atoms with Crippen LogP contribution in [-0.2, 0) is 9.59 Å². The lowest BCUT2D eigenvalue weighted by Gasteiger charge is -2.22. The van der Waals surface area contributed by atoms with Crippen LogP contribution in [0.2, 0.25) is 0 Å². The van der Waals surface area contributed by atoms with E-state index < -0.39 is 11.9 Å². The number of anilines is 1. The first-order valence-electron chi connectivity index (χ1n) is 13.1. The number of rotatable bonds is 12. The number of aliphatic imine (C=N–C) groups is 1. The van der Waals surface area contributed by atoms with Crippen molar-refractivity contribution >= 4 is 23.5 Å². The quantitative estimate of drug-likeness (QED) is 0.0781. The van der Waals surface area contributed by atoms with Crippen LogP contribution in [0.25, 0.3) is 0 Å². The Kier molecular flexibility index (Phi) is 13.3. The number of nitrogens with zero attached hydrogens (tertiary/aromatic N) is 3. The molecule has 216 valence electrons. The predicted molar refractivity (Wildman–Crippen MR) is 157 cm³/mol. The van der Waals surface area contributed by atoms with Gasteiger partial charge in [0.2, 0.25) is 11.8 Å². The Balaban J connectivity index is 1.87. The van der Waals surface area contributed by atoms with Gasteiger partial charge in [0.05, 0.1) is 12.7 Å². The van der Waals surface area contributed by atoms with Crippen LogP contribution in [0.15, 0.2) is 59.4 Å². The molecule has 0 saturated carbocycles. The van der Waals surface area contributed by atoms with E-state index in [4.69, 9.17) is 10.5 Å². The molecule has 10 nitrogen and oxygen atoms in total. The van der Waals surface area contributed by atoms with Gasteiger partial charge in [-0.3, -0.25) is 9.59 Å². The number of hydrogen-bond donors (Lipinski definition) is 4. The molecule has 1 atom stereocenters. The summed E-state index contributed by atoms with van der Waals surface area (Å²) in [5.74, 6) is 5.44. The minimum Gasteiger partial charge on any atom is -0.494 e. The highest BCUT2D eigenvalue weighted by Crippen LogP contribution is 2.20. The first-order valence-corrected chi connectivity index (χ1v) is 13.1. The summed E-state index contributed by atoms with van der Waals surface area (Å²) < 4.78 is 18.8. The van der Waals surface area contributed by atoms with Crippen LogP contribution < -0.4 is 26.4 Å². The van der Waals surface area contributed by atoms with E-state index in [1.165, 1.54) is 31.5 Å². The summed E-state index contributed by atoms with van der Waals surface area (Å²) in [4.78, 5) is 32.9. The second kappa shape index (κ2) is 16.6. The number of carbonyl (C=O) groups excluding carboxylic acids is 2. The average molecular weight is 554 g/mol. The molecular weight excluding hydrogens is 513 g/mol. The second-order valence-electron chi connectivity index (χ2n) is 9.31. The lowest BCUT2D eigenvalue weighted by molar-refractivity contribution is -0.135. The van der Waals surface area contributed by atoms with Crippen molar-refractivity contribution in [1.29, 1.82) is 0 Å². The highest BCUT2D eigenvalue weighted by molar-refractivity contribution is 5.93. The van der Waals surface area contributed by atoms with Crippen LogP contribution in [0.1, 0.15) is 25.7 Å². The van der Waals surface area contributed by atoms with Crippen molar-refractivity contribution in [3.8, 4) is 17.6 Å². The smallest absolute Gasteiger partial charge is 0.246 e. The van der Waals surface area contributed by atoms with Crippen LogP contribution in [0, 0.1) is 17.7 Å². The Bertz CT molecular complexity index is 1200. The Morgan fingerprint density at radius 3 is 2.83 bits per heavy atom. The second-order valence-corrected chi connectivity index (χ2v) is 9.31. The van der Waals surface area contributed by atoms with Gasteiger partial charge in [-0.05, 0) is 45.5 Å². The van der Waals surface area contributed by atoms with Gasteiger partial charge in [0.1, 0.15) is 6.04 Å². The van der Waals surface area contributed by atoms with Gasteiger partial charge in [-0.1, -0.05) is 24.5 Å². The molecule has 2 amide bonds. The molecule has 0 bridgehead atoms. The Labute approximate surface area is 236 Å². The van der Waals surface area contributed by atoms with Gasteiger partial charge in [-0.2, -0.15) is 0 Å². The molecule has 2 rings (SSSR count). The number of unbranched alkanes of at least 4 members (excludes halogenated alkanes) is 1. The molecule has 1 fully saturated rings. The third kappa shape index (κ3) is 10.5. The largest absolute Gasteiger partial charge is 0.494 e. The fraction of sp³-hybridized carbons (Fsp3) is 0.414. The van der Waals surface area contributed by atoms with Gasteiger partial charge in [-0.15, -0.1) is 0 Å². The number of amides is 2. The minimum absolute atomic E-state index is 0.0445. The van der Waals surface area contributed by atoms with Gasteiger partial charge in [0.15, 0.2) is 17.5 Å². The van der Waals surface area contributed by atoms with E-state index in [-0.39, 0.29) is 23.5 Å². The minimum atomic E-state index is -0.524. The molecule has 40 heavy (non-hydrogen) atoms. The molecule has 1 aliphatic heterocycles. The normalized spacial score (nSPS) is 15.6. The van der Waals surface area contributed by atoms with Crippen molar-refractivity contribution in [3.63, 3.8) is 0 Å². The third-order valence-corrected chi connectivity index (χ3v) is 5.95. The molecule has 0 aliphatic carbocycles. The summed E-state index contributed by atoms with van der Waals surface area (Å²) in [5.41, 5.74) is 7.43. The molecular formula is C29H40FN7O3. The van der Waals surface area contributed by atoms with Crippen molar-refractivity contribution in [2.45, 2.75) is 31.7 Å². The van der Waals surface area contributed by atoms with Gasteiger partial charge in [0.25, 0.3) is 0 Å². The van der Waals surface area contributed by atoms with Crippen LogP contribution >= 0.6 is 0 Å². The fourth-order valence-corrected chi connectivity index (χ4v) is 3.81. The number of ether oxygens (including phenoxy) is 1. The van der Waals surface area contributed by atoms with Crippen LogP contribution in [-0.4, -0.2) is 81.5 Å². The number of carbonyl (C=O) groups is 2. The number of nitrogens with two attached hydrogens (primary N) is 1. The van der Waals surface area contributed by atoms with E-state index in [9.17, 15) is 14.0 Å². The first kappa shape index (κ1) is 31.9. The number of allylic oxidation sites excluding steroid dienone is 1. The highest BCUT2D eigenvalue weighted by Gasteiger charge is 2.32. The number of likely N-dealkylation sites (tertiary alicyclic amines) is 1. The number of halogens is 1. The van der Waals surface area contributed by atoms with Crippen LogP contribution in [0.4, 0.5) is 10.1 Å². The molecule has 11 heteroatoms. The number of guanidine groups is 1. The van der Waals surface area contributed by atoms with Crippen molar-refractivity contribution in [2.24, 2.45) is 10.7 Å². The standard InChI is InChI=1S/C29H40FN7O3/c1-21(32-2)22(20-34-29(31)35-23-14-15-26(40-5)24(30)19-23)11-7-6-8-16-33-28(39)25-12-9-18-37(25)27(38)13-10-17-36(3)4/h10,13-15,19-20,25,32H,1,6,8-9,12,16-18H2,2-5H3,(H,33,39)(H3,31,34,35)/b13-10+,22-20-/t25-/m0/s1. The Morgan fingerprint density at radius 2 is 2.15 bits per heavy atom. The topological polar surface area (TPSA) is 124 Å². The van der Waals surface area contributed by atoms with Gasteiger partial charge < -0.3 is 36.2 Å². The lowest BCUT2D eigenvalue weighted by atomic mass is 10.2. The third-order valence-electron chi connectivity index (χ3n) is 5.95. The van der Waals surface area contributed by atoms with Crippen molar-refractivity contribution in [1.82, 2.24) is 20.4 Å². The SMILES string of the molecule is C=C(NC)/C(C#CCCCNC(=O)[C@@H]1CCCN1C(=O)/C=C/CN(C)C)=C\N=C(N)Nc1ccc(OC)c(F)c1. The zero-order valence-corrected chi connectivity index (χ0v) is 23.7. The summed E-state index contributed by atoms with van der Waals surface area (Å²) in [5, 5.41) is 8.66. The molecule has 0 radical (unpaired) electrons. The summed E-state index contributed by atoms with van der Waals surface area (Å²) in [7, 11) is 6.96. The molecule has 1 aliphatic rings. The molecule has 0 unspecified atom stereocenters. The molecule has 1 aromatic rings. The van der Waals surface area contributed by atoms with Gasteiger partial charge >= 0.3 is 0 Å². The maximum absolute atomic E-state index is 13.9. The van der Waals surface area contributed by atoms with E-state index in [0.717, 1.165) is 6.42 Å². The number of likely N-dealkylation sites (N-methyl/N-ethyl adjacent to an activating group) is 2. The van der Waals surface area contributed by atoms with Crippen molar-refractivity contribution < 1.29 is 18.7 Å². The maximum atomic E-state index is 13.9. The molecule has 5 N–H and O–H groups in total. The van der Waals surface area contributed by atoms with E-state index in [1.54, 1.807) is 24.1 Å². The van der Waals surface area contributed by atoms with Crippen LogP contribution in [0.5, 0.6) is 5.75 Å². The first-order chi connectivity index (χ1) is 19.2. The predicted octanol–water partition coefficient (Wildman–Crippen LogP) is 2.19. The summed E-state index contributed by atoms with van der Waals surface area (Å²) in [6.07, 6.45) is 7.44. The monoisotopic (exact) mass is 553 g/mol. The number of methoxy groups -OCH3 is 1. The average Bonchev–Trinajstić information content (AvgIpc) is 3.42. The van der Waals surface area contributed by atoms with Gasteiger partial charge in [-0.25, -0.2) is 9.38 Å². The number of benzene rings is 1. The summed E-state index contributed by atoms with van der Waals surface area (Å²) in [6.45, 7) is 5.62. The van der Waals surface area contributed by atoms with E-state index in [0.29, 0.717) is 55.9 Å². The molecule has 1 saturated heterocycles. The van der Waals surface area contributed by atoms with E-state index in [1.807, 2.05) is 19.0 Å². The maximum Gasteiger partial charge on any atom is 0.246 e. The molecule has 0 aromatic heterocycles. The fourth-order valence-electron chi connectivity index (χ4n) is 3.81. The van der Waals surface area contributed by atoms with E-state index >= 15 is 0 Å². The lowest BCUT2D eigenvalue weighted by Crippen LogP contribution is -2.45. The molecule has 1 heterocycles. The summed E-state index contributed by atoms with van der Waals surface area (Å²) >= 11 is 0. The Morgan fingerprint density at radius 1 is 1.38 bits per heavy atom. The summed E-state index contributed by atoms with van der Waals surface area (Å²) in [6, 6.07) is 3.91. The zero-order chi connectivity index (χ0) is 29.5. The van der Waals surface area contributed by atoms with E-state index in [2.05, 4.69) is 39.4 Å². The van der Waals surface area contributed by atoms with Crippen LogP contribution in [0.3, 0.4) is 0 Å². The number of nitrogens with one attached hydrogen (secondary N) is 3. The zero-order valence-electron chi connectivity index (χ0n) is 23.7. The number of hydrogen-bond acceptors (Lipinski definition) is 6. The molecule has 0 spiro atoms. The van der Waals surface area contributed by atoms with Crippen molar-refractivity contribution in [3.05, 3.63) is 60.2 Å². The Hall–Kier alpha value is -4.30. The van der Waals surface area contributed by atoms with Gasteiger partial charge in [0, 0.05) is 62.8 Å². The van der Waals surface area contributed by atoms with Crippen molar-refractivity contribution in [2.75, 3.05) is 53.2 Å². The highest BCUT2D eigenvalue weighted by atomic mass is 19.1.